The average molecular weight is 872 g/mol. The van der Waals surface area contributed by atoms with Gasteiger partial charge in [-0.3, -0.25) is 0 Å². The molecule has 0 radical (unpaired) electrons. The number of rotatable bonds is 8. The molecule has 2 N–H and O–H groups in total. The lowest BCUT2D eigenvalue weighted by atomic mass is 10.3. The van der Waals surface area contributed by atoms with E-state index in [1.165, 1.54) is 24.5 Å². The number of hydrogen-bond acceptors (Lipinski definition) is 13. The van der Waals surface area contributed by atoms with Gasteiger partial charge in [-0.1, -0.05) is 69.6 Å². The van der Waals surface area contributed by atoms with Gasteiger partial charge < -0.3 is 38.6 Å². The van der Waals surface area contributed by atoms with Crippen molar-refractivity contribution in [3.05, 3.63) is 116 Å². The van der Waals surface area contributed by atoms with Gasteiger partial charge in [0.1, 0.15) is 60.6 Å². The monoisotopic (exact) mass is 869 g/mol. The van der Waals surface area contributed by atoms with E-state index < -0.39 is 0 Å². The van der Waals surface area contributed by atoms with Crippen LogP contribution in [0.3, 0.4) is 0 Å². The Bertz CT molecular complexity index is 1710. The second-order valence-electron chi connectivity index (χ2n) is 9.70. The van der Waals surface area contributed by atoms with Crippen molar-refractivity contribution in [1.82, 2.24) is 24.9 Å². The Labute approximate surface area is 345 Å². The van der Waals surface area contributed by atoms with Crippen LogP contribution in [0, 0.1) is 20.8 Å². The van der Waals surface area contributed by atoms with E-state index in [1.54, 1.807) is 84.3 Å². The summed E-state index contributed by atoms with van der Waals surface area (Å²) >= 11 is 32.7. The summed E-state index contributed by atoms with van der Waals surface area (Å²) in [6.45, 7) is 6.04. The van der Waals surface area contributed by atoms with Gasteiger partial charge in [0.25, 0.3) is 0 Å². The summed E-state index contributed by atoms with van der Waals surface area (Å²) in [5.74, 6) is 2.43. The summed E-state index contributed by atoms with van der Waals surface area (Å²) in [4.78, 5) is 18.8. The van der Waals surface area contributed by atoms with E-state index >= 15 is 0 Å². The lowest BCUT2D eigenvalue weighted by molar-refractivity contribution is 0.0503. The van der Waals surface area contributed by atoms with Crippen LogP contribution in [0.15, 0.2) is 73.4 Å². The molecule has 13 nitrogen and oxygen atoms in total. The number of ether oxygens (including phenoxy) is 6. The van der Waals surface area contributed by atoms with E-state index in [1.807, 2.05) is 13.8 Å². The van der Waals surface area contributed by atoms with E-state index in [0.29, 0.717) is 43.3 Å². The normalized spacial score (nSPS) is 9.43. The van der Waals surface area contributed by atoms with Gasteiger partial charge in [0.2, 0.25) is 0 Å². The maximum Gasteiger partial charge on any atom is 0.188 e. The summed E-state index contributed by atoms with van der Waals surface area (Å²) in [7, 11) is 6.28. The molecule has 0 saturated heterocycles. The number of methoxy groups -OCH3 is 4. The van der Waals surface area contributed by atoms with Crippen molar-refractivity contribution in [1.29, 1.82) is 0 Å². The molecule has 0 amide bonds. The predicted molar refractivity (Wildman–Crippen MR) is 213 cm³/mol. The largest absolute Gasteiger partial charge is 0.506 e. The molecule has 19 heteroatoms. The van der Waals surface area contributed by atoms with Crippen LogP contribution in [0.1, 0.15) is 16.7 Å². The smallest absolute Gasteiger partial charge is 0.188 e. The van der Waals surface area contributed by atoms with E-state index in [0.717, 1.165) is 22.4 Å². The molecule has 0 aliphatic rings. The lowest BCUT2D eigenvalue weighted by Gasteiger charge is -2.06. The molecular formula is C35H41Cl6N5O8. The minimum atomic E-state index is 0.134. The van der Waals surface area contributed by atoms with Gasteiger partial charge in [0.15, 0.2) is 13.6 Å². The second kappa shape index (κ2) is 30.7. The fraction of sp³-hybridized carbons (Fsp3) is 0.286. The van der Waals surface area contributed by atoms with Crippen molar-refractivity contribution in [2.75, 3.05) is 48.1 Å². The highest BCUT2D eigenvalue weighted by atomic mass is 35.5. The van der Waals surface area contributed by atoms with Crippen LogP contribution in [-0.4, -0.2) is 83.2 Å². The van der Waals surface area contributed by atoms with Crippen LogP contribution in [0.25, 0.3) is 0 Å². The SMILES string of the molecule is COCCl.COCOc1ccc(Cl)nc1.COCOc1cnc(Cl)cc1C.COc1cnc(Cl)cc1C.Cc1cc(Cl)ncc1O.Oc1ccc(Cl)nc1. The minimum Gasteiger partial charge on any atom is -0.506 e. The van der Waals surface area contributed by atoms with Gasteiger partial charge in [-0.15, -0.1) is 0 Å². The molecule has 5 rings (SSSR count). The average Bonchev–Trinajstić information content (AvgIpc) is 3.15. The highest BCUT2D eigenvalue weighted by Gasteiger charge is 2.00. The summed E-state index contributed by atoms with van der Waals surface area (Å²) in [5.41, 5.74) is 2.70. The van der Waals surface area contributed by atoms with Gasteiger partial charge in [0.05, 0.1) is 38.1 Å². The highest BCUT2D eigenvalue weighted by molar-refractivity contribution is 6.30. The molecule has 5 aromatic heterocycles. The fourth-order valence-electron chi connectivity index (χ4n) is 2.96. The third-order valence-electron chi connectivity index (χ3n) is 5.53. The third-order valence-corrected chi connectivity index (χ3v) is 6.81. The number of aromatic hydroxyl groups is 2. The first-order valence-corrected chi connectivity index (χ1v) is 17.4. The van der Waals surface area contributed by atoms with Gasteiger partial charge in [0, 0.05) is 21.3 Å². The molecule has 296 valence electrons. The summed E-state index contributed by atoms with van der Waals surface area (Å²) < 4.78 is 29.0. The zero-order valence-electron chi connectivity index (χ0n) is 30.4. The van der Waals surface area contributed by atoms with Crippen molar-refractivity contribution < 1.29 is 38.6 Å². The third kappa shape index (κ3) is 24.6. The lowest BCUT2D eigenvalue weighted by Crippen LogP contribution is -2.00. The standard InChI is InChI=1S/C8H10ClNO2.C7H8ClNO2.C7H8ClNO.C6H6ClNO.C5H4ClNO.C2H5ClO/c1-6-3-8(9)10-4-7(6)12-5-11-2;1-10-5-11-6-2-3-7(8)9-4-6;1-5-3-7(8)9-4-6(5)10-2;1-4-2-6(7)8-3-5(4)9;6-5-2-1-4(8)3-7-5;1-4-2-3/h3-4H,5H2,1-2H3;2-4H,5H2,1H3;3-4H,1-2H3;2-3,9H,1H3;1-3,8H;2H2,1H3. The molecule has 5 heterocycles. The topological polar surface area (TPSA) is 160 Å². The number of hydrogen-bond donors (Lipinski definition) is 2. The van der Waals surface area contributed by atoms with Crippen molar-refractivity contribution in [3.63, 3.8) is 0 Å². The Morgan fingerprint density at radius 3 is 1.33 bits per heavy atom. The molecule has 0 spiro atoms. The van der Waals surface area contributed by atoms with Crippen molar-refractivity contribution in [2.45, 2.75) is 20.8 Å². The van der Waals surface area contributed by atoms with E-state index in [2.05, 4.69) is 29.7 Å². The first-order valence-electron chi connectivity index (χ1n) is 15.0. The molecule has 0 atom stereocenters. The van der Waals surface area contributed by atoms with Gasteiger partial charge in [-0.05, 0) is 79.9 Å². The van der Waals surface area contributed by atoms with Crippen LogP contribution in [0.4, 0.5) is 0 Å². The number of halogens is 6. The van der Waals surface area contributed by atoms with Crippen LogP contribution in [0.5, 0.6) is 28.7 Å². The Balaban J connectivity index is 0.000000637. The quantitative estimate of drug-likeness (QED) is 0.0863. The first kappa shape index (κ1) is 50.4. The van der Waals surface area contributed by atoms with Gasteiger partial charge in [-0.25, -0.2) is 24.9 Å². The Morgan fingerprint density at radius 1 is 0.519 bits per heavy atom. The molecule has 0 bridgehead atoms. The van der Waals surface area contributed by atoms with E-state index in [9.17, 15) is 0 Å². The highest BCUT2D eigenvalue weighted by Crippen LogP contribution is 2.20. The Morgan fingerprint density at radius 2 is 0.963 bits per heavy atom. The number of aromatic nitrogens is 5. The minimum absolute atomic E-state index is 0.134. The zero-order chi connectivity index (χ0) is 40.9. The number of alkyl halides is 1. The number of aryl methyl sites for hydroxylation is 3. The van der Waals surface area contributed by atoms with Crippen molar-refractivity contribution in [3.8, 4) is 28.7 Å². The van der Waals surface area contributed by atoms with Gasteiger partial charge >= 0.3 is 0 Å². The molecule has 5 aromatic rings. The summed E-state index contributed by atoms with van der Waals surface area (Å²) in [6.07, 6.45) is 7.36. The molecule has 0 aliphatic heterocycles. The van der Waals surface area contributed by atoms with Crippen LogP contribution in [-0.2, 0) is 14.2 Å². The van der Waals surface area contributed by atoms with Crippen molar-refractivity contribution in [2.24, 2.45) is 0 Å². The van der Waals surface area contributed by atoms with E-state index in [-0.39, 0.29) is 25.1 Å². The molecule has 0 fully saturated rings. The predicted octanol–water partition coefficient (Wildman–Crippen LogP) is 9.81. The number of pyridine rings is 5. The molecule has 0 saturated carbocycles. The fourth-order valence-corrected chi connectivity index (χ4v) is 3.82. The summed E-state index contributed by atoms with van der Waals surface area (Å²) in [5, 5.41) is 19.8. The zero-order valence-corrected chi connectivity index (χ0v) is 34.9. The maximum atomic E-state index is 8.92. The molecular weight excluding hydrogens is 831 g/mol. The Hall–Kier alpha value is -3.63. The number of nitrogens with zero attached hydrogens (tertiary/aromatic N) is 5. The van der Waals surface area contributed by atoms with Gasteiger partial charge in [-0.2, -0.15) is 0 Å². The summed E-state index contributed by atoms with van der Waals surface area (Å²) in [6, 6.07) is 11.8. The second-order valence-corrected chi connectivity index (χ2v) is 11.9. The van der Waals surface area contributed by atoms with Crippen LogP contribution < -0.4 is 14.2 Å². The van der Waals surface area contributed by atoms with Crippen molar-refractivity contribution >= 4 is 69.6 Å². The maximum absolute atomic E-state index is 8.92. The van der Waals surface area contributed by atoms with E-state index in [4.69, 9.17) is 104 Å². The first-order chi connectivity index (χ1) is 25.7. The molecule has 0 aromatic carbocycles. The Kier molecular flexibility index (Phi) is 28.6. The molecule has 0 aliphatic carbocycles. The molecule has 54 heavy (non-hydrogen) atoms. The van der Waals surface area contributed by atoms with Crippen LogP contribution >= 0.6 is 69.6 Å². The van der Waals surface area contributed by atoms with Crippen LogP contribution in [0.2, 0.25) is 25.8 Å². The molecule has 0 unspecified atom stereocenters.